The van der Waals surface area contributed by atoms with Gasteiger partial charge in [-0.1, -0.05) is 30.4 Å². The monoisotopic (exact) mass is 338 g/mol. The molecule has 0 radical (unpaired) electrons. The number of H-pyrrole nitrogens is 1. The van der Waals surface area contributed by atoms with Gasteiger partial charge in [-0.2, -0.15) is 5.10 Å². The first-order valence-corrected chi connectivity index (χ1v) is 8.90. The van der Waals surface area contributed by atoms with Crippen LogP contribution >= 0.6 is 0 Å². The maximum atomic E-state index is 12.8. The molecule has 6 heteroatoms. The number of benzene rings is 1. The molecule has 1 saturated heterocycles. The molecule has 4 rings (SSSR count). The Balaban J connectivity index is 1.40. The Kier molecular flexibility index (Phi) is 4.26. The summed E-state index contributed by atoms with van der Waals surface area (Å²) in [5, 5.41) is 7.95. The number of nitrogens with zero attached hydrogens (tertiary/aromatic N) is 3. The number of carbonyl (C=O) groups is 2. The molecule has 2 aliphatic rings. The fraction of sp³-hybridized carbons (Fsp3) is 0.421. The van der Waals surface area contributed by atoms with Crippen LogP contribution in [0.5, 0.6) is 0 Å². The van der Waals surface area contributed by atoms with E-state index in [0.29, 0.717) is 31.9 Å². The number of allylic oxidation sites excluding steroid dienone is 2. The predicted octanol–water partition coefficient (Wildman–Crippen LogP) is 2.20. The standard InChI is InChI=1S/C19H22N4O2/c24-18(14-6-2-1-3-7-14)22-10-12-23(13-11-22)19(25)17-15-8-4-5-9-16(15)20-21-17/h1-2,4-5,8-9,14H,3,6-7,10-13H2,(H,20,21). The summed E-state index contributed by atoms with van der Waals surface area (Å²) >= 11 is 0. The van der Waals surface area contributed by atoms with Crippen molar-refractivity contribution in [3.63, 3.8) is 0 Å². The molecule has 6 nitrogen and oxygen atoms in total. The highest BCUT2D eigenvalue weighted by Crippen LogP contribution is 2.22. The van der Waals surface area contributed by atoms with E-state index in [-0.39, 0.29) is 17.7 Å². The zero-order valence-corrected chi connectivity index (χ0v) is 14.1. The van der Waals surface area contributed by atoms with Crippen molar-refractivity contribution < 1.29 is 9.59 Å². The maximum absolute atomic E-state index is 12.8. The van der Waals surface area contributed by atoms with E-state index in [2.05, 4.69) is 22.3 Å². The van der Waals surface area contributed by atoms with E-state index in [9.17, 15) is 9.59 Å². The van der Waals surface area contributed by atoms with Gasteiger partial charge in [0.05, 0.1) is 5.52 Å². The van der Waals surface area contributed by atoms with Crippen LogP contribution in [0.15, 0.2) is 36.4 Å². The lowest BCUT2D eigenvalue weighted by molar-refractivity contribution is -0.137. The average molecular weight is 338 g/mol. The van der Waals surface area contributed by atoms with Gasteiger partial charge in [0, 0.05) is 37.5 Å². The van der Waals surface area contributed by atoms with E-state index in [0.717, 1.165) is 30.2 Å². The van der Waals surface area contributed by atoms with Gasteiger partial charge in [-0.05, 0) is 25.3 Å². The van der Waals surface area contributed by atoms with Crippen LogP contribution in [-0.2, 0) is 4.79 Å². The summed E-state index contributed by atoms with van der Waals surface area (Å²) in [6.45, 7) is 2.34. The van der Waals surface area contributed by atoms with E-state index < -0.39 is 0 Å². The van der Waals surface area contributed by atoms with Gasteiger partial charge in [0.25, 0.3) is 5.91 Å². The summed E-state index contributed by atoms with van der Waals surface area (Å²) in [5.41, 5.74) is 1.33. The zero-order valence-electron chi connectivity index (χ0n) is 14.1. The van der Waals surface area contributed by atoms with Crippen molar-refractivity contribution in [2.24, 2.45) is 5.92 Å². The van der Waals surface area contributed by atoms with Crippen LogP contribution in [0.25, 0.3) is 10.9 Å². The van der Waals surface area contributed by atoms with Crippen LogP contribution in [0.2, 0.25) is 0 Å². The minimum absolute atomic E-state index is 0.0647. The van der Waals surface area contributed by atoms with Crippen molar-refractivity contribution >= 4 is 22.7 Å². The van der Waals surface area contributed by atoms with Crippen LogP contribution in [0.3, 0.4) is 0 Å². The fourth-order valence-corrected chi connectivity index (χ4v) is 3.68. The van der Waals surface area contributed by atoms with Crippen molar-refractivity contribution in [3.8, 4) is 0 Å². The molecule has 1 N–H and O–H groups in total. The Hall–Kier alpha value is -2.63. The van der Waals surface area contributed by atoms with E-state index in [1.54, 1.807) is 4.90 Å². The molecule has 0 bridgehead atoms. The molecule has 0 spiro atoms. The summed E-state index contributed by atoms with van der Waals surface area (Å²) in [6, 6.07) is 7.64. The topological polar surface area (TPSA) is 69.3 Å². The zero-order chi connectivity index (χ0) is 17.2. The second-order valence-corrected chi connectivity index (χ2v) is 6.72. The fourth-order valence-electron chi connectivity index (χ4n) is 3.68. The van der Waals surface area contributed by atoms with E-state index in [4.69, 9.17) is 0 Å². The molecule has 130 valence electrons. The number of para-hydroxylation sites is 1. The minimum atomic E-state index is -0.0647. The van der Waals surface area contributed by atoms with Gasteiger partial charge in [0.1, 0.15) is 0 Å². The smallest absolute Gasteiger partial charge is 0.275 e. The molecule has 1 fully saturated rings. The highest BCUT2D eigenvalue weighted by Gasteiger charge is 2.30. The highest BCUT2D eigenvalue weighted by atomic mass is 16.2. The molecule has 1 aromatic carbocycles. The summed E-state index contributed by atoms with van der Waals surface area (Å²) < 4.78 is 0. The number of nitrogens with one attached hydrogen (secondary N) is 1. The average Bonchev–Trinajstić information content (AvgIpc) is 3.12. The lowest BCUT2D eigenvalue weighted by atomic mass is 9.93. The lowest BCUT2D eigenvalue weighted by Gasteiger charge is -2.36. The first kappa shape index (κ1) is 15.9. The molecular weight excluding hydrogens is 316 g/mol. The molecule has 1 atom stereocenters. The van der Waals surface area contributed by atoms with Gasteiger partial charge in [0.2, 0.25) is 5.91 Å². The van der Waals surface area contributed by atoms with Gasteiger partial charge in [-0.15, -0.1) is 0 Å². The third-order valence-corrected chi connectivity index (χ3v) is 5.17. The van der Waals surface area contributed by atoms with Crippen LogP contribution in [0, 0.1) is 5.92 Å². The second kappa shape index (κ2) is 6.70. The van der Waals surface area contributed by atoms with Crippen molar-refractivity contribution in [1.29, 1.82) is 0 Å². The molecule has 1 aromatic heterocycles. The number of aromatic nitrogens is 2. The summed E-state index contributed by atoms with van der Waals surface area (Å²) in [4.78, 5) is 29.1. The van der Waals surface area contributed by atoms with E-state index in [1.165, 1.54) is 0 Å². The number of rotatable bonds is 2. The molecular formula is C19H22N4O2. The van der Waals surface area contributed by atoms with Gasteiger partial charge in [-0.3, -0.25) is 14.7 Å². The Morgan fingerprint density at radius 1 is 1.04 bits per heavy atom. The number of carbonyl (C=O) groups excluding carboxylic acids is 2. The Morgan fingerprint density at radius 3 is 2.56 bits per heavy atom. The number of fused-ring (bicyclic) bond motifs is 1. The SMILES string of the molecule is O=C(c1n[nH]c2ccccc12)N1CCN(C(=O)C2CC=CCC2)CC1. The first-order chi connectivity index (χ1) is 12.2. The summed E-state index contributed by atoms with van der Waals surface area (Å²) in [7, 11) is 0. The molecule has 1 aliphatic heterocycles. The molecule has 0 saturated carbocycles. The molecule has 2 amide bonds. The third kappa shape index (κ3) is 3.04. The predicted molar refractivity (Wildman–Crippen MR) is 95.1 cm³/mol. The van der Waals surface area contributed by atoms with Crippen molar-refractivity contribution in [2.75, 3.05) is 26.2 Å². The van der Waals surface area contributed by atoms with Gasteiger partial charge in [0.15, 0.2) is 5.69 Å². The molecule has 2 heterocycles. The number of piperazine rings is 1. The number of aromatic amines is 1. The van der Waals surface area contributed by atoms with Gasteiger partial charge < -0.3 is 9.80 Å². The first-order valence-electron chi connectivity index (χ1n) is 8.90. The van der Waals surface area contributed by atoms with Crippen LogP contribution < -0.4 is 0 Å². The van der Waals surface area contributed by atoms with Crippen molar-refractivity contribution in [2.45, 2.75) is 19.3 Å². The summed E-state index contributed by atoms with van der Waals surface area (Å²) in [6.07, 6.45) is 7.02. The Morgan fingerprint density at radius 2 is 1.80 bits per heavy atom. The van der Waals surface area contributed by atoms with Crippen LogP contribution in [0.4, 0.5) is 0 Å². The third-order valence-electron chi connectivity index (χ3n) is 5.17. The van der Waals surface area contributed by atoms with Crippen LogP contribution in [0.1, 0.15) is 29.8 Å². The molecule has 25 heavy (non-hydrogen) atoms. The molecule has 1 unspecified atom stereocenters. The largest absolute Gasteiger partial charge is 0.339 e. The maximum Gasteiger partial charge on any atom is 0.275 e. The highest BCUT2D eigenvalue weighted by molar-refractivity contribution is 6.04. The minimum Gasteiger partial charge on any atom is -0.339 e. The number of amides is 2. The van der Waals surface area contributed by atoms with Gasteiger partial charge in [-0.25, -0.2) is 0 Å². The Labute approximate surface area is 146 Å². The van der Waals surface area contributed by atoms with E-state index in [1.807, 2.05) is 29.2 Å². The summed E-state index contributed by atoms with van der Waals surface area (Å²) in [5.74, 6) is 0.286. The van der Waals surface area contributed by atoms with Crippen molar-refractivity contribution in [3.05, 3.63) is 42.1 Å². The Bertz CT molecular complexity index is 818. The van der Waals surface area contributed by atoms with Gasteiger partial charge >= 0.3 is 0 Å². The number of hydrogen-bond acceptors (Lipinski definition) is 3. The molecule has 1 aliphatic carbocycles. The van der Waals surface area contributed by atoms with E-state index >= 15 is 0 Å². The lowest BCUT2D eigenvalue weighted by Crippen LogP contribution is -2.52. The normalized spacial score (nSPS) is 20.9. The number of hydrogen-bond donors (Lipinski definition) is 1. The second-order valence-electron chi connectivity index (χ2n) is 6.72. The van der Waals surface area contributed by atoms with Crippen LogP contribution in [-0.4, -0.2) is 58.0 Å². The quantitative estimate of drug-likeness (QED) is 0.854. The molecule has 2 aromatic rings. The van der Waals surface area contributed by atoms with Crippen molar-refractivity contribution in [1.82, 2.24) is 20.0 Å².